The fourth-order valence-electron chi connectivity index (χ4n) is 5.39. The van der Waals surface area contributed by atoms with Crippen molar-refractivity contribution >= 4 is 17.7 Å². The van der Waals surface area contributed by atoms with Crippen molar-refractivity contribution in [3.8, 4) is 0 Å². The number of fused-ring (bicyclic) bond motifs is 1. The van der Waals surface area contributed by atoms with Crippen molar-refractivity contribution < 1.29 is 14.4 Å². The first-order valence-corrected chi connectivity index (χ1v) is 11.5. The number of piperidine rings is 1. The highest BCUT2D eigenvalue weighted by molar-refractivity contribution is 6.05. The number of benzene rings is 1. The Balaban J connectivity index is 1.22. The summed E-state index contributed by atoms with van der Waals surface area (Å²) in [6.45, 7) is 7.78. The number of hydrogen-bond donors (Lipinski definition) is 2. The van der Waals surface area contributed by atoms with Gasteiger partial charge in [0.05, 0.1) is 0 Å². The summed E-state index contributed by atoms with van der Waals surface area (Å²) in [5.74, 6) is -0.707. The predicted molar refractivity (Wildman–Crippen MR) is 115 cm³/mol. The summed E-state index contributed by atoms with van der Waals surface area (Å²) in [6, 6.07) is 6.00. The molecule has 8 heteroatoms. The highest BCUT2D eigenvalue weighted by atomic mass is 16.2. The number of carbonyl (C=O) groups is 3. The van der Waals surface area contributed by atoms with E-state index in [2.05, 4.69) is 26.5 Å². The molecule has 1 unspecified atom stereocenters. The van der Waals surface area contributed by atoms with E-state index in [9.17, 15) is 14.4 Å². The van der Waals surface area contributed by atoms with Gasteiger partial charge in [-0.1, -0.05) is 12.1 Å². The maximum absolute atomic E-state index is 13.0. The van der Waals surface area contributed by atoms with Crippen LogP contribution < -0.4 is 10.6 Å². The Morgan fingerprint density at radius 3 is 2.55 bits per heavy atom. The summed E-state index contributed by atoms with van der Waals surface area (Å²) in [6.07, 6.45) is 3.26. The first-order valence-electron chi connectivity index (χ1n) is 11.5. The van der Waals surface area contributed by atoms with Crippen LogP contribution in [-0.4, -0.2) is 83.8 Å². The smallest absolute Gasteiger partial charge is 0.255 e. The van der Waals surface area contributed by atoms with Gasteiger partial charge >= 0.3 is 0 Å². The average Bonchev–Trinajstić information content (AvgIpc) is 3.38. The van der Waals surface area contributed by atoms with Crippen molar-refractivity contribution in [2.75, 3.05) is 39.3 Å². The fraction of sp³-hybridized carbons (Fsp3) is 0.609. The minimum atomic E-state index is -0.557. The number of nitrogens with one attached hydrogen (secondary N) is 2. The molecule has 8 nitrogen and oxygen atoms in total. The summed E-state index contributed by atoms with van der Waals surface area (Å²) in [5, 5.41) is 5.96. The minimum Gasteiger partial charge on any atom is -0.322 e. The van der Waals surface area contributed by atoms with Crippen molar-refractivity contribution in [3.05, 3.63) is 34.9 Å². The van der Waals surface area contributed by atoms with Crippen molar-refractivity contribution in [2.45, 2.75) is 50.9 Å². The zero-order valence-electron chi connectivity index (χ0n) is 17.9. The van der Waals surface area contributed by atoms with Crippen LogP contribution in [0.1, 0.15) is 47.2 Å². The molecule has 0 radical (unpaired) electrons. The standard InChI is InChI=1S/C23H31N5O3/c29-21-7-6-20(22(30)25-21)28-15-19-16(3-1-5-18(19)23(28)31)13-26-9-11-27(12-10-26)14-17-4-2-8-24-17/h1,3,5,17,20,24H,2,4,6-15H2,(H,25,29,30)/t17-,20?/m1/s1. The number of hydrogen-bond acceptors (Lipinski definition) is 6. The summed E-state index contributed by atoms with van der Waals surface area (Å²) in [5.41, 5.74) is 2.91. The Kier molecular flexibility index (Phi) is 5.77. The van der Waals surface area contributed by atoms with Crippen LogP contribution in [0.4, 0.5) is 0 Å². The normalized spacial score (nSPS) is 27.6. The van der Waals surface area contributed by atoms with Gasteiger partial charge in [-0.15, -0.1) is 0 Å². The second kappa shape index (κ2) is 8.68. The number of nitrogens with zero attached hydrogens (tertiary/aromatic N) is 3. The van der Waals surface area contributed by atoms with Gasteiger partial charge in [0.25, 0.3) is 5.91 Å². The van der Waals surface area contributed by atoms with Crippen LogP contribution in [0.3, 0.4) is 0 Å². The first kappa shape index (κ1) is 20.6. The van der Waals surface area contributed by atoms with Gasteiger partial charge in [-0.2, -0.15) is 0 Å². The summed E-state index contributed by atoms with van der Waals surface area (Å²) in [4.78, 5) is 43.5. The highest BCUT2D eigenvalue weighted by Gasteiger charge is 2.39. The number of rotatable bonds is 5. The molecule has 1 aromatic rings. The first-order chi connectivity index (χ1) is 15.1. The van der Waals surface area contributed by atoms with Crippen LogP contribution in [0, 0.1) is 0 Å². The highest BCUT2D eigenvalue weighted by Crippen LogP contribution is 2.30. The summed E-state index contributed by atoms with van der Waals surface area (Å²) < 4.78 is 0. The van der Waals surface area contributed by atoms with Crippen LogP contribution in [0.5, 0.6) is 0 Å². The Bertz CT molecular complexity index is 874. The molecule has 166 valence electrons. The molecule has 4 aliphatic rings. The van der Waals surface area contributed by atoms with Crippen LogP contribution in [0.15, 0.2) is 18.2 Å². The van der Waals surface area contributed by atoms with Gasteiger partial charge in [0, 0.05) is 63.8 Å². The van der Waals surface area contributed by atoms with E-state index in [0.717, 1.165) is 51.4 Å². The van der Waals surface area contributed by atoms with E-state index < -0.39 is 6.04 Å². The quantitative estimate of drug-likeness (QED) is 0.661. The summed E-state index contributed by atoms with van der Waals surface area (Å²) in [7, 11) is 0. The SMILES string of the molecule is O=C1CCC(N2Cc3c(CN4CCN(C[C@H]5CCCN5)CC4)cccc3C2=O)C(=O)N1. The van der Waals surface area contributed by atoms with E-state index in [1.807, 2.05) is 12.1 Å². The summed E-state index contributed by atoms with van der Waals surface area (Å²) >= 11 is 0. The molecule has 0 aliphatic carbocycles. The molecular weight excluding hydrogens is 394 g/mol. The molecule has 3 fully saturated rings. The lowest BCUT2D eigenvalue weighted by molar-refractivity contribution is -0.136. The van der Waals surface area contributed by atoms with E-state index >= 15 is 0 Å². The molecule has 2 atom stereocenters. The second-order valence-corrected chi connectivity index (χ2v) is 9.21. The Labute approximate surface area is 182 Å². The van der Waals surface area contributed by atoms with Gasteiger partial charge in [0.2, 0.25) is 11.8 Å². The fourth-order valence-corrected chi connectivity index (χ4v) is 5.39. The predicted octanol–water partition coefficient (Wildman–Crippen LogP) is 0.317. The molecule has 3 amide bonds. The van der Waals surface area contributed by atoms with E-state index in [4.69, 9.17) is 0 Å². The van der Waals surface area contributed by atoms with Crippen LogP contribution in [-0.2, 0) is 22.7 Å². The third kappa shape index (κ3) is 4.24. The topological polar surface area (TPSA) is 85.0 Å². The van der Waals surface area contributed by atoms with Gasteiger partial charge in [0.1, 0.15) is 6.04 Å². The van der Waals surface area contributed by atoms with Crippen molar-refractivity contribution in [3.63, 3.8) is 0 Å². The van der Waals surface area contributed by atoms with E-state index in [0.29, 0.717) is 24.6 Å². The Morgan fingerprint density at radius 1 is 1.00 bits per heavy atom. The number of amides is 3. The zero-order valence-corrected chi connectivity index (χ0v) is 17.9. The lowest BCUT2D eigenvalue weighted by atomic mass is 10.0. The van der Waals surface area contributed by atoms with E-state index in [-0.39, 0.29) is 24.1 Å². The molecule has 4 aliphatic heterocycles. The van der Waals surface area contributed by atoms with Gasteiger partial charge in [-0.05, 0) is 43.0 Å². The van der Waals surface area contributed by atoms with Gasteiger partial charge in [-0.25, -0.2) is 0 Å². The number of carbonyl (C=O) groups excluding carboxylic acids is 3. The molecule has 1 aromatic carbocycles. The van der Waals surface area contributed by atoms with Crippen LogP contribution in [0.2, 0.25) is 0 Å². The Morgan fingerprint density at radius 2 is 1.81 bits per heavy atom. The largest absolute Gasteiger partial charge is 0.322 e. The average molecular weight is 426 g/mol. The molecule has 0 bridgehead atoms. The van der Waals surface area contributed by atoms with Crippen molar-refractivity contribution in [1.29, 1.82) is 0 Å². The third-order valence-corrected chi connectivity index (χ3v) is 7.18. The molecule has 5 rings (SSSR count). The lowest BCUT2D eigenvalue weighted by Crippen LogP contribution is -2.52. The molecular formula is C23H31N5O3. The molecule has 31 heavy (non-hydrogen) atoms. The molecule has 4 heterocycles. The van der Waals surface area contributed by atoms with Gasteiger partial charge in [0.15, 0.2) is 0 Å². The monoisotopic (exact) mass is 425 g/mol. The van der Waals surface area contributed by atoms with Crippen LogP contribution in [0.25, 0.3) is 0 Å². The molecule has 2 N–H and O–H groups in total. The van der Waals surface area contributed by atoms with E-state index in [1.165, 1.54) is 18.4 Å². The molecule has 3 saturated heterocycles. The van der Waals surface area contributed by atoms with Crippen LogP contribution >= 0.6 is 0 Å². The number of imide groups is 1. The second-order valence-electron chi connectivity index (χ2n) is 9.21. The third-order valence-electron chi connectivity index (χ3n) is 7.18. The van der Waals surface area contributed by atoms with Crippen molar-refractivity contribution in [2.24, 2.45) is 0 Å². The number of piperazine rings is 1. The zero-order chi connectivity index (χ0) is 21.4. The maximum atomic E-state index is 13.0. The molecule has 0 spiro atoms. The van der Waals surface area contributed by atoms with Crippen molar-refractivity contribution in [1.82, 2.24) is 25.3 Å². The lowest BCUT2D eigenvalue weighted by Gasteiger charge is -2.36. The Hall–Kier alpha value is -2.29. The van der Waals surface area contributed by atoms with Gasteiger partial charge in [-0.3, -0.25) is 29.5 Å². The van der Waals surface area contributed by atoms with Gasteiger partial charge < -0.3 is 10.2 Å². The van der Waals surface area contributed by atoms with E-state index in [1.54, 1.807) is 4.90 Å². The molecule has 0 saturated carbocycles. The minimum absolute atomic E-state index is 0.0970. The molecule has 0 aromatic heterocycles. The maximum Gasteiger partial charge on any atom is 0.255 e.